The molecule has 34 heavy (non-hydrogen) atoms. The minimum absolute atomic E-state index is 0.0326. The summed E-state index contributed by atoms with van der Waals surface area (Å²) < 4.78 is 13.1. The van der Waals surface area contributed by atoms with Gasteiger partial charge in [-0.2, -0.15) is 10.5 Å². The molecule has 7 heteroatoms. The Morgan fingerprint density at radius 2 is 1.82 bits per heavy atom. The van der Waals surface area contributed by atoms with Crippen LogP contribution >= 0.6 is 0 Å². The van der Waals surface area contributed by atoms with Gasteiger partial charge in [0.25, 0.3) is 0 Å². The Balaban J connectivity index is 1.45. The van der Waals surface area contributed by atoms with Crippen LogP contribution in [0.4, 0.5) is 10.1 Å². The van der Waals surface area contributed by atoms with Crippen molar-refractivity contribution in [3.05, 3.63) is 76.9 Å². The SMILES string of the molecule is CC(=O)c1cccc(NC(NCCCN2CCC(Cc3ccc(F)cc3)CC2)=C(C#N)C#N)c1. The van der Waals surface area contributed by atoms with Gasteiger partial charge in [-0.15, -0.1) is 0 Å². The largest absolute Gasteiger partial charge is 0.370 e. The fourth-order valence-electron chi connectivity index (χ4n) is 4.18. The third-order valence-corrected chi connectivity index (χ3v) is 6.11. The summed E-state index contributed by atoms with van der Waals surface area (Å²) in [5, 5.41) is 24.9. The number of nitrogens with zero attached hydrogens (tertiary/aromatic N) is 3. The van der Waals surface area contributed by atoms with E-state index in [9.17, 15) is 19.7 Å². The number of anilines is 1. The summed E-state index contributed by atoms with van der Waals surface area (Å²) in [6.07, 6.45) is 4.10. The highest BCUT2D eigenvalue weighted by atomic mass is 19.1. The third kappa shape index (κ3) is 7.43. The summed E-state index contributed by atoms with van der Waals surface area (Å²) in [5.41, 5.74) is 2.36. The molecular formula is C27H30FN5O. The number of carbonyl (C=O) groups is 1. The van der Waals surface area contributed by atoms with Crippen molar-refractivity contribution in [3.8, 4) is 12.1 Å². The van der Waals surface area contributed by atoms with Crippen molar-refractivity contribution in [2.45, 2.75) is 32.6 Å². The molecule has 176 valence electrons. The van der Waals surface area contributed by atoms with Crippen LogP contribution in [0.5, 0.6) is 0 Å². The van der Waals surface area contributed by atoms with Crippen LogP contribution in [0.15, 0.2) is 59.9 Å². The lowest BCUT2D eigenvalue weighted by Gasteiger charge is -2.32. The summed E-state index contributed by atoms with van der Waals surface area (Å²) in [7, 11) is 0. The van der Waals surface area contributed by atoms with Gasteiger partial charge in [0.05, 0.1) is 0 Å². The fourth-order valence-corrected chi connectivity index (χ4v) is 4.18. The van der Waals surface area contributed by atoms with Gasteiger partial charge in [-0.25, -0.2) is 4.39 Å². The van der Waals surface area contributed by atoms with Crippen LogP contribution in [0.3, 0.4) is 0 Å². The minimum atomic E-state index is -0.193. The number of piperidine rings is 1. The van der Waals surface area contributed by atoms with Crippen molar-refractivity contribution >= 4 is 11.5 Å². The molecule has 0 amide bonds. The normalized spacial score (nSPS) is 14.0. The third-order valence-electron chi connectivity index (χ3n) is 6.11. The number of Topliss-reactive ketones (excluding diaryl/α,β-unsaturated/α-hetero) is 1. The molecule has 2 aromatic rings. The molecule has 1 heterocycles. The van der Waals surface area contributed by atoms with Gasteiger partial charge >= 0.3 is 0 Å². The molecule has 0 radical (unpaired) electrons. The Bertz CT molecular complexity index is 1070. The molecule has 0 aliphatic carbocycles. The van der Waals surface area contributed by atoms with Gasteiger partial charge in [0.1, 0.15) is 23.8 Å². The molecular weight excluding hydrogens is 429 g/mol. The molecule has 6 nitrogen and oxygen atoms in total. The molecule has 0 atom stereocenters. The number of hydrogen-bond acceptors (Lipinski definition) is 6. The van der Waals surface area contributed by atoms with E-state index in [2.05, 4.69) is 15.5 Å². The van der Waals surface area contributed by atoms with Gasteiger partial charge < -0.3 is 15.5 Å². The van der Waals surface area contributed by atoms with Crippen LogP contribution in [0.1, 0.15) is 42.1 Å². The molecule has 1 aliphatic heterocycles. The van der Waals surface area contributed by atoms with Crippen molar-refractivity contribution in [2.24, 2.45) is 5.92 Å². The standard InChI is InChI=1S/C27H30FN5O/c1-20(34)23-4-2-5-26(17-23)32-27(24(18-29)19-30)31-12-3-13-33-14-10-22(11-15-33)16-21-6-8-25(28)9-7-21/h2,4-9,17,22,31-32H,3,10-16H2,1H3. The predicted octanol–water partition coefficient (Wildman–Crippen LogP) is 4.63. The Kier molecular flexibility index (Phi) is 9.20. The van der Waals surface area contributed by atoms with Crippen molar-refractivity contribution in [2.75, 3.05) is 31.5 Å². The van der Waals surface area contributed by atoms with E-state index in [0.717, 1.165) is 45.3 Å². The van der Waals surface area contributed by atoms with Crippen LogP contribution in [0, 0.1) is 34.4 Å². The summed E-state index contributed by atoms with van der Waals surface area (Å²) in [6.45, 7) is 5.10. The first kappa shape index (κ1) is 25.0. The van der Waals surface area contributed by atoms with E-state index in [1.807, 2.05) is 24.3 Å². The maximum absolute atomic E-state index is 13.1. The Labute approximate surface area is 200 Å². The minimum Gasteiger partial charge on any atom is -0.370 e. The molecule has 1 aliphatic rings. The number of allylic oxidation sites excluding steroid dienone is 1. The molecule has 1 fully saturated rings. The first-order valence-corrected chi connectivity index (χ1v) is 11.6. The van der Waals surface area contributed by atoms with Crippen molar-refractivity contribution in [1.82, 2.24) is 10.2 Å². The second kappa shape index (κ2) is 12.5. The molecule has 0 aromatic heterocycles. The van der Waals surface area contributed by atoms with E-state index >= 15 is 0 Å². The fraction of sp³-hybridized carbons (Fsp3) is 0.370. The van der Waals surface area contributed by atoms with Gasteiger partial charge in [0, 0.05) is 17.8 Å². The average Bonchev–Trinajstić information content (AvgIpc) is 2.85. The van der Waals surface area contributed by atoms with Gasteiger partial charge in [0.2, 0.25) is 0 Å². The first-order chi connectivity index (χ1) is 16.5. The number of likely N-dealkylation sites (tertiary alicyclic amines) is 1. The molecule has 0 saturated carbocycles. The highest BCUT2D eigenvalue weighted by Gasteiger charge is 2.19. The van der Waals surface area contributed by atoms with Crippen LogP contribution in [-0.4, -0.2) is 36.9 Å². The van der Waals surface area contributed by atoms with E-state index < -0.39 is 0 Å². The van der Waals surface area contributed by atoms with Crippen molar-refractivity contribution in [3.63, 3.8) is 0 Å². The van der Waals surface area contributed by atoms with Gasteiger partial charge in [-0.1, -0.05) is 24.3 Å². The van der Waals surface area contributed by atoms with E-state index in [1.54, 1.807) is 24.3 Å². The number of hydrogen-bond donors (Lipinski definition) is 2. The van der Waals surface area contributed by atoms with E-state index in [0.29, 0.717) is 29.5 Å². The Morgan fingerprint density at radius 1 is 1.12 bits per heavy atom. The summed E-state index contributed by atoms with van der Waals surface area (Å²) in [5.74, 6) is 0.729. The van der Waals surface area contributed by atoms with Crippen LogP contribution in [-0.2, 0) is 6.42 Å². The van der Waals surface area contributed by atoms with Crippen LogP contribution in [0.2, 0.25) is 0 Å². The highest BCUT2D eigenvalue weighted by molar-refractivity contribution is 5.95. The van der Waals surface area contributed by atoms with Crippen molar-refractivity contribution < 1.29 is 9.18 Å². The van der Waals surface area contributed by atoms with Crippen LogP contribution < -0.4 is 10.6 Å². The van der Waals surface area contributed by atoms with Gasteiger partial charge in [-0.3, -0.25) is 4.79 Å². The van der Waals surface area contributed by atoms with E-state index in [4.69, 9.17) is 0 Å². The maximum Gasteiger partial charge on any atom is 0.169 e. The summed E-state index contributed by atoms with van der Waals surface area (Å²) in [4.78, 5) is 14.1. The van der Waals surface area contributed by atoms with E-state index in [1.165, 1.54) is 24.6 Å². The maximum atomic E-state index is 13.1. The molecule has 1 saturated heterocycles. The molecule has 2 aromatic carbocycles. The topological polar surface area (TPSA) is 91.9 Å². The van der Waals surface area contributed by atoms with Crippen LogP contribution in [0.25, 0.3) is 0 Å². The predicted molar refractivity (Wildman–Crippen MR) is 130 cm³/mol. The molecule has 0 unspecified atom stereocenters. The van der Waals surface area contributed by atoms with Gasteiger partial charge in [-0.05, 0) is 88.0 Å². The molecule has 0 bridgehead atoms. The zero-order valence-corrected chi connectivity index (χ0v) is 19.5. The second-order valence-corrected chi connectivity index (χ2v) is 8.63. The number of benzene rings is 2. The number of ketones is 1. The molecule has 2 N–H and O–H groups in total. The monoisotopic (exact) mass is 459 g/mol. The number of halogens is 1. The summed E-state index contributed by atoms with van der Waals surface area (Å²) in [6, 6.07) is 17.6. The highest BCUT2D eigenvalue weighted by Crippen LogP contribution is 2.22. The van der Waals surface area contributed by atoms with Gasteiger partial charge in [0.15, 0.2) is 11.4 Å². The number of nitriles is 2. The quantitative estimate of drug-likeness (QED) is 0.306. The Hall–Kier alpha value is -3.68. The van der Waals surface area contributed by atoms with Crippen molar-refractivity contribution in [1.29, 1.82) is 10.5 Å². The Morgan fingerprint density at radius 3 is 2.47 bits per heavy atom. The number of carbonyl (C=O) groups excluding carboxylic acids is 1. The summed E-state index contributed by atoms with van der Waals surface area (Å²) >= 11 is 0. The number of nitrogens with one attached hydrogen (secondary N) is 2. The number of rotatable bonds is 10. The average molecular weight is 460 g/mol. The lowest BCUT2D eigenvalue weighted by molar-refractivity contribution is 0.101. The molecule has 0 spiro atoms. The zero-order valence-electron chi connectivity index (χ0n) is 19.5. The first-order valence-electron chi connectivity index (χ1n) is 11.6. The zero-order chi connectivity index (χ0) is 24.3. The smallest absolute Gasteiger partial charge is 0.169 e. The van der Waals surface area contributed by atoms with E-state index in [-0.39, 0.29) is 17.2 Å². The molecule has 3 rings (SSSR count). The lowest BCUT2D eigenvalue weighted by Crippen LogP contribution is -2.36. The lowest BCUT2D eigenvalue weighted by atomic mass is 9.90. The second-order valence-electron chi connectivity index (χ2n) is 8.63.